The second-order valence-electron chi connectivity index (χ2n) is 2.78. The molecule has 0 radical (unpaired) electrons. The fourth-order valence-corrected chi connectivity index (χ4v) is 1.31. The lowest BCUT2D eigenvalue weighted by molar-refractivity contribution is -0.113. The van der Waals surface area contributed by atoms with Gasteiger partial charge in [-0.05, 0) is 13.3 Å². The Hall–Kier alpha value is -0.530. The van der Waals surface area contributed by atoms with Crippen LogP contribution < -0.4 is 0 Å². The van der Waals surface area contributed by atoms with Crippen molar-refractivity contribution in [2.45, 2.75) is 39.2 Å². The maximum absolute atomic E-state index is 10.9. The lowest BCUT2D eigenvalue weighted by Gasteiger charge is -1.94. The third-order valence-electron chi connectivity index (χ3n) is 2.05. The van der Waals surface area contributed by atoms with Crippen LogP contribution in [0.2, 0.25) is 0 Å². The summed E-state index contributed by atoms with van der Waals surface area (Å²) in [5, 5.41) is 0. The normalized spacial score (nSPS) is 23.6. The van der Waals surface area contributed by atoms with E-state index in [4.69, 9.17) is 0 Å². The van der Waals surface area contributed by atoms with E-state index in [1.54, 1.807) is 0 Å². The topological polar surface area (TPSA) is 20.1 Å². The number of carbonyl (C=O) groups excluding carboxylic acids is 1. The first-order chi connectivity index (χ1) is 4.81. The van der Waals surface area contributed by atoms with Gasteiger partial charge in [-0.15, -0.1) is 0 Å². The summed E-state index contributed by atoms with van der Waals surface area (Å²) in [6, 6.07) is 0.296. The summed E-state index contributed by atoms with van der Waals surface area (Å²) in [5.41, 5.74) is 0. The first-order valence-corrected chi connectivity index (χ1v) is 4.11. The van der Waals surface area contributed by atoms with Crippen molar-refractivity contribution in [3.8, 4) is 0 Å². The van der Waals surface area contributed by atoms with E-state index in [-0.39, 0.29) is 0 Å². The Kier molecular flexibility index (Phi) is 2.30. The van der Waals surface area contributed by atoms with Gasteiger partial charge < -0.3 is 4.90 Å². The van der Waals surface area contributed by atoms with Crippen molar-refractivity contribution < 1.29 is 4.79 Å². The van der Waals surface area contributed by atoms with E-state index in [2.05, 4.69) is 6.92 Å². The molecule has 2 nitrogen and oxygen atoms in total. The lowest BCUT2D eigenvalue weighted by Crippen LogP contribution is -1.99. The fraction of sp³-hybridized carbons (Fsp3) is 0.875. The molecule has 0 aliphatic carbocycles. The molecule has 10 heavy (non-hydrogen) atoms. The molecule has 1 rings (SSSR count). The summed E-state index contributed by atoms with van der Waals surface area (Å²) < 4.78 is 0. The zero-order valence-corrected chi connectivity index (χ0v) is 6.76. The molecule has 0 N–H and O–H groups in total. The summed E-state index contributed by atoms with van der Waals surface area (Å²) in [4.78, 5) is 12.8. The Labute approximate surface area is 62.2 Å². The third-order valence-corrected chi connectivity index (χ3v) is 2.05. The largest absolute Gasteiger partial charge is 0.329 e. The minimum Gasteiger partial charge on any atom is -0.329 e. The number of likely N-dealkylation sites (N-methyl/N-ethyl adjacent to an activating group) is 1. The molecule has 0 aromatic rings. The molecular formula is C8H15NO. The van der Waals surface area contributed by atoms with Crippen LogP contribution in [-0.4, -0.2) is 23.4 Å². The van der Waals surface area contributed by atoms with Gasteiger partial charge in [0, 0.05) is 6.54 Å². The second-order valence-corrected chi connectivity index (χ2v) is 2.78. The molecule has 1 aliphatic heterocycles. The molecular weight excluding hydrogens is 126 g/mol. The van der Waals surface area contributed by atoms with Gasteiger partial charge in [-0.25, -0.2) is 0 Å². The first-order valence-electron chi connectivity index (χ1n) is 4.11. The number of nitrogens with zero attached hydrogens (tertiary/aromatic N) is 1. The van der Waals surface area contributed by atoms with Crippen LogP contribution >= 0.6 is 0 Å². The van der Waals surface area contributed by atoms with Crippen molar-refractivity contribution in [2.75, 3.05) is 6.54 Å². The summed E-state index contributed by atoms with van der Waals surface area (Å²) in [6.07, 6.45) is 3.46. The van der Waals surface area contributed by atoms with Crippen molar-refractivity contribution in [3.63, 3.8) is 0 Å². The summed E-state index contributed by atoms with van der Waals surface area (Å²) in [6.45, 7) is 5.08. The van der Waals surface area contributed by atoms with Gasteiger partial charge in [0.2, 0.25) is 5.91 Å². The van der Waals surface area contributed by atoms with Gasteiger partial charge in [-0.1, -0.05) is 19.8 Å². The minimum absolute atomic E-state index is 0.296. The zero-order chi connectivity index (χ0) is 7.56. The van der Waals surface area contributed by atoms with Crippen LogP contribution in [0.3, 0.4) is 0 Å². The molecule has 1 heterocycles. The quantitative estimate of drug-likeness (QED) is 0.542. The summed E-state index contributed by atoms with van der Waals surface area (Å²) in [5.74, 6) is 0.357. The number of hydrogen-bond donors (Lipinski definition) is 0. The predicted molar refractivity (Wildman–Crippen MR) is 40.7 cm³/mol. The molecule has 1 unspecified atom stereocenters. The van der Waals surface area contributed by atoms with E-state index in [9.17, 15) is 4.79 Å². The van der Waals surface area contributed by atoms with Crippen LogP contribution in [0.1, 0.15) is 33.1 Å². The molecule has 58 valence electrons. The highest BCUT2D eigenvalue weighted by Crippen LogP contribution is 2.23. The molecule has 0 saturated carbocycles. The number of rotatable bonds is 4. The van der Waals surface area contributed by atoms with E-state index in [0.717, 1.165) is 13.0 Å². The number of unbranched alkanes of at least 4 members (excludes halogenated alkanes) is 1. The number of carbonyl (C=O) groups is 1. The van der Waals surface area contributed by atoms with Crippen LogP contribution in [0.15, 0.2) is 0 Å². The maximum Gasteiger partial charge on any atom is 0.246 e. The smallest absolute Gasteiger partial charge is 0.246 e. The van der Waals surface area contributed by atoms with Crippen molar-refractivity contribution in [3.05, 3.63) is 0 Å². The van der Waals surface area contributed by atoms with Crippen LogP contribution in [0.5, 0.6) is 0 Å². The standard InChI is InChI=1S/C8H15NO/c1-3-5-6-7-8(10)9(7)4-2/h7H,3-6H2,1-2H3. The van der Waals surface area contributed by atoms with E-state index in [1.807, 2.05) is 11.8 Å². The van der Waals surface area contributed by atoms with Gasteiger partial charge >= 0.3 is 0 Å². The molecule has 1 fully saturated rings. The Morgan fingerprint density at radius 2 is 2.20 bits per heavy atom. The third kappa shape index (κ3) is 1.31. The van der Waals surface area contributed by atoms with Crippen molar-refractivity contribution in [1.29, 1.82) is 0 Å². The molecule has 1 saturated heterocycles. The molecule has 1 amide bonds. The van der Waals surface area contributed by atoms with Crippen molar-refractivity contribution in [1.82, 2.24) is 4.90 Å². The second kappa shape index (κ2) is 3.04. The van der Waals surface area contributed by atoms with E-state index >= 15 is 0 Å². The molecule has 2 heteroatoms. The monoisotopic (exact) mass is 141 g/mol. The number of amides is 1. The van der Waals surface area contributed by atoms with Crippen molar-refractivity contribution in [2.24, 2.45) is 0 Å². The molecule has 1 aliphatic rings. The zero-order valence-electron chi connectivity index (χ0n) is 6.76. The first kappa shape index (κ1) is 7.58. The molecule has 0 spiro atoms. The van der Waals surface area contributed by atoms with E-state index in [0.29, 0.717) is 11.9 Å². The van der Waals surface area contributed by atoms with E-state index < -0.39 is 0 Å². The highest BCUT2D eigenvalue weighted by atomic mass is 16.2. The van der Waals surface area contributed by atoms with Crippen LogP contribution in [0.4, 0.5) is 0 Å². The minimum atomic E-state index is 0.296. The van der Waals surface area contributed by atoms with Crippen LogP contribution in [-0.2, 0) is 4.79 Å². The maximum atomic E-state index is 10.9. The average Bonchev–Trinajstić information content (AvgIpc) is 2.56. The summed E-state index contributed by atoms with van der Waals surface area (Å²) in [7, 11) is 0. The number of hydrogen-bond acceptors (Lipinski definition) is 1. The van der Waals surface area contributed by atoms with Gasteiger partial charge in [-0.3, -0.25) is 4.79 Å². The van der Waals surface area contributed by atoms with Gasteiger partial charge in [0.25, 0.3) is 0 Å². The summed E-state index contributed by atoms with van der Waals surface area (Å²) >= 11 is 0. The Morgan fingerprint density at radius 1 is 1.50 bits per heavy atom. The molecule has 0 aromatic heterocycles. The molecule has 1 atom stereocenters. The average molecular weight is 141 g/mol. The Morgan fingerprint density at radius 3 is 2.60 bits per heavy atom. The van der Waals surface area contributed by atoms with Gasteiger partial charge in [0.15, 0.2) is 0 Å². The van der Waals surface area contributed by atoms with Crippen LogP contribution in [0, 0.1) is 0 Å². The van der Waals surface area contributed by atoms with E-state index in [1.165, 1.54) is 12.8 Å². The molecule has 0 aromatic carbocycles. The van der Waals surface area contributed by atoms with Crippen molar-refractivity contribution >= 4 is 5.91 Å². The fourth-order valence-electron chi connectivity index (χ4n) is 1.31. The van der Waals surface area contributed by atoms with Crippen LogP contribution in [0.25, 0.3) is 0 Å². The SMILES string of the molecule is CCCCC1C(=O)N1CC. The highest BCUT2D eigenvalue weighted by Gasteiger charge is 2.42. The molecule has 0 bridgehead atoms. The Balaban J connectivity index is 2.15. The predicted octanol–water partition coefficient (Wildman–Crippen LogP) is 1.41. The van der Waals surface area contributed by atoms with Gasteiger partial charge in [-0.2, -0.15) is 0 Å². The Bertz CT molecular complexity index is 133. The van der Waals surface area contributed by atoms with Gasteiger partial charge in [0.05, 0.1) is 0 Å². The lowest BCUT2D eigenvalue weighted by atomic mass is 10.2. The van der Waals surface area contributed by atoms with Gasteiger partial charge in [0.1, 0.15) is 6.04 Å². The highest BCUT2D eigenvalue weighted by molar-refractivity contribution is 5.96.